The first kappa shape index (κ1) is 8.84. The van der Waals surface area contributed by atoms with E-state index in [2.05, 4.69) is 5.32 Å². The van der Waals surface area contributed by atoms with Crippen LogP contribution in [0.1, 0.15) is 13.3 Å². The minimum Gasteiger partial charge on any atom is -0.467 e. The minimum absolute atomic E-state index is 0.245. The molecule has 0 fully saturated rings. The molecule has 1 aliphatic heterocycles. The summed E-state index contributed by atoms with van der Waals surface area (Å²) < 4.78 is 4.70. The Hall–Kier alpha value is -1.25. The first-order valence-electron chi connectivity index (χ1n) is 3.90. The molecule has 0 saturated heterocycles. The Morgan fingerprint density at radius 3 is 2.92 bits per heavy atom. The summed E-state index contributed by atoms with van der Waals surface area (Å²) in [6.07, 6.45) is 8.01. The molecule has 1 unspecified atom stereocenters. The summed E-state index contributed by atoms with van der Waals surface area (Å²) in [6.45, 7) is 1.88. The van der Waals surface area contributed by atoms with Crippen molar-refractivity contribution in [2.24, 2.45) is 0 Å². The molecule has 66 valence electrons. The van der Waals surface area contributed by atoms with Gasteiger partial charge in [0.25, 0.3) is 0 Å². The van der Waals surface area contributed by atoms with Crippen LogP contribution >= 0.6 is 0 Å². The Bertz CT molecular complexity index is 223. The lowest BCUT2D eigenvalue weighted by molar-refractivity contribution is -0.145. The van der Waals surface area contributed by atoms with Gasteiger partial charge in [-0.25, -0.2) is 4.79 Å². The molecular weight excluding hydrogens is 154 g/mol. The fourth-order valence-electron chi connectivity index (χ4n) is 1.30. The maximum Gasteiger partial charge on any atom is 0.335 e. The standard InChI is InChI=1S/C9H13NO2/c1-3-5-9(8(11)12-2)6-4-7-10-9/h3-5,7,10H,6H2,1-2H3. The minimum atomic E-state index is -0.649. The fraction of sp³-hybridized carbons (Fsp3) is 0.444. The van der Waals surface area contributed by atoms with Crippen molar-refractivity contribution in [1.82, 2.24) is 5.32 Å². The lowest BCUT2D eigenvalue weighted by atomic mass is 9.97. The van der Waals surface area contributed by atoms with Crippen molar-refractivity contribution in [2.45, 2.75) is 18.9 Å². The monoisotopic (exact) mass is 167 g/mol. The van der Waals surface area contributed by atoms with Crippen LogP contribution in [0.5, 0.6) is 0 Å². The van der Waals surface area contributed by atoms with Crippen LogP contribution in [0.4, 0.5) is 0 Å². The summed E-state index contributed by atoms with van der Waals surface area (Å²) in [5.74, 6) is -0.245. The van der Waals surface area contributed by atoms with Gasteiger partial charge in [-0.15, -0.1) is 0 Å². The highest BCUT2D eigenvalue weighted by molar-refractivity contribution is 5.84. The van der Waals surface area contributed by atoms with E-state index in [1.54, 1.807) is 6.20 Å². The second-order valence-electron chi connectivity index (χ2n) is 2.71. The van der Waals surface area contributed by atoms with Crippen molar-refractivity contribution in [1.29, 1.82) is 0 Å². The Labute approximate surface area is 72.1 Å². The van der Waals surface area contributed by atoms with E-state index in [-0.39, 0.29) is 5.97 Å². The molecule has 0 aromatic carbocycles. The van der Waals surface area contributed by atoms with E-state index in [9.17, 15) is 4.79 Å². The molecule has 0 saturated carbocycles. The molecule has 0 amide bonds. The van der Waals surface area contributed by atoms with Crippen molar-refractivity contribution in [3.8, 4) is 0 Å². The largest absolute Gasteiger partial charge is 0.467 e. The lowest BCUT2D eigenvalue weighted by Gasteiger charge is -2.22. The summed E-state index contributed by atoms with van der Waals surface area (Å²) in [5, 5.41) is 2.98. The highest BCUT2D eigenvalue weighted by atomic mass is 16.5. The van der Waals surface area contributed by atoms with Crippen LogP contribution in [-0.2, 0) is 9.53 Å². The summed E-state index contributed by atoms with van der Waals surface area (Å²) in [6, 6.07) is 0. The third kappa shape index (κ3) is 1.35. The van der Waals surface area contributed by atoms with Gasteiger partial charge >= 0.3 is 5.97 Å². The molecular formula is C9H13NO2. The number of esters is 1. The van der Waals surface area contributed by atoms with E-state index in [0.717, 1.165) is 0 Å². The van der Waals surface area contributed by atoms with E-state index in [1.165, 1.54) is 7.11 Å². The molecule has 0 radical (unpaired) electrons. The van der Waals surface area contributed by atoms with Gasteiger partial charge in [0.05, 0.1) is 7.11 Å². The molecule has 0 bridgehead atoms. The van der Waals surface area contributed by atoms with E-state index in [1.807, 2.05) is 25.2 Å². The zero-order valence-corrected chi connectivity index (χ0v) is 7.33. The number of ether oxygens (including phenoxy) is 1. The third-order valence-corrected chi connectivity index (χ3v) is 1.90. The van der Waals surface area contributed by atoms with Crippen molar-refractivity contribution in [3.63, 3.8) is 0 Å². The van der Waals surface area contributed by atoms with E-state index in [0.29, 0.717) is 6.42 Å². The molecule has 0 spiro atoms. The first-order chi connectivity index (χ1) is 5.75. The molecule has 1 N–H and O–H groups in total. The molecule has 3 nitrogen and oxygen atoms in total. The van der Waals surface area contributed by atoms with Crippen LogP contribution in [0, 0.1) is 0 Å². The number of rotatable bonds is 2. The maximum atomic E-state index is 11.4. The number of carbonyl (C=O) groups is 1. The van der Waals surface area contributed by atoms with E-state index >= 15 is 0 Å². The van der Waals surface area contributed by atoms with Gasteiger partial charge in [0.1, 0.15) is 0 Å². The third-order valence-electron chi connectivity index (χ3n) is 1.90. The quantitative estimate of drug-likeness (QED) is 0.492. The topological polar surface area (TPSA) is 38.3 Å². The summed E-state index contributed by atoms with van der Waals surface area (Å²) in [7, 11) is 1.40. The SMILES string of the molecule is CC=CC1(C(=O)OC)CC=CN1. The van der Waals surface area contributed by atoms with Crippen LogP contribution in [0.25, 0.3) is 0 Å². The Morgan fingerprint density at radius 1 is 1.75 bits per heavy atom. The smallest absolute Gasteiger partial charge is 0.335 e. The summed E-state index contributed by atoms with van der Waals surface area (Å²) >= 11 is 0. The predicted octanol–water partition coefficient (Wildman–Crippen LogP) is 0.981. The Kier molecular flexibility index (Phi) is 2.53. The van der Waals surface area contributed by atoms with E-state index in [4.69, 9.17) is 4.74 Å². The molecule has 1 aliphatic rings. The molecule has 3 heteroatoms. The van der Waals surface area contributed by atoms with Gasteiger partial charge in [0.2, 0.25) is 0 Å². The molecule has 0 aliphatic carbocycles. The van der Waals surface area contributed by atoms with Crippen LogP contribution < -0.4 is 5.32 Å². The first-order valence-corrected chi connectivity index (χ1v) is 3.90. The molecule has 1 heterocycles. The van der Waals surface area contributed by atoms with Gasteiger partial charge in [0.15, 0.2) is 5.54 Å². The van der Waals surface area contributed by atoms with Crippen molar-refractivity contribution < 1.29 is 9.53 Å². The normalized spacial score (nSPS) is 27.5. The molecule has 1 rings (SSSR count). The Balaban J connectivity index is 2.80. The fourth-order valence-corrected chi connectivity index (χ4v) is 1.30. The van der Waals surface area contributed by atoms with Gasteiger partial charge in [-0.05, 0) is 13.1 Å². The lowest BCUT2D eigenvalue weighted by Crippen LogP contribution is -2.45. The molecule has 1 atom stereocenters. The maximum absolute atomic E-state index is 11.4. The number of nitrogens with one attached hydrogen (secondary N) is 1. The summed E-state index contributed by atoms with van der Waals surface area (Å²) in [4.78, 5) is 11.4. The van der Waals surface area contributed by atoms with Crippen LogP contribution in [0.15, 0.2) is 24.4 Å². The predicted molar refractivity (Wildman–Crippen MR) is 46.5 cm³/mol. The van der Waals surface area contributed by atoms with Gasteiger partial charge in [0, 0.05) is 6.42 Å². The highest BCUT2D eigenvalue weighted by Crippen LogP contribution is 2.20. The van der Waals surface area contributed by atoms with Gasteiger partial charge < -0.3 is 10.1 Å². The van der Waals surface area contributed by atoms with Crippen molar-refractivity contribution >= 4 is 5.97 Å². The zero-order chi connectivity index (χ0) is 9.03. The molecule has 0 aromatic rings. The average molecular weight is 167 g/mol. The number of carbonyl (C=O) groups excluding carboxylic acids is 1. The molecule has 12 heavy (non-hydrogen) atoms. The Morgan fingerprint density at radius 2 is 2.50 bits per heavy atom. The van der Waals surface area contributed by atoms with Gasteiger partial charge in [-0.1, -0.05) is 18.2 Å². The zero-order valence-electron chi connectivity index (χ0n) is 7.33. The second-order valence-corrected chi connectivity index (χ2v) is 2.71. The van der Waals surface area contributed by atoms with Gasteiger partial charge in [-0.3, -0.25) is 0 Å². The summed E-state index contributed by atoms with van der Waals surface area (Å²) in [5.41, 5.74) is -0.649. The number of allylic oxidation sites excluding steroid dienone is 1. The van der Waals surface area contributed by atoms with Crippen molar-refractivity contribution in [3.05, 3.63) is 24.4 Å². The number of methoxy groups -OCH3 is 1. The van der Waals surface area contributed by atoms with Crippen LogP contribution in [-0.4, -0.2) is 18.6 Å². The van der Waals surface area contributed by atoms with Crippen LogP contribution in [0.3, 0.4) is 0 Å². The average Bonchev–Trinajstić information content (AvgIpc) is 2.53. The highest BCUT2D eigenvalue weighted by Gasteiger charge is 2.36. The van der Waals surface area contributed by atoms with Crippen molar-refractivity contribution in [2.75, 3.05) is 7.11 Å². The number of hydrogen-bond donors (Lipinski definition) is 1. The molecule has 0 aromatic heterocycles. The van der Waals surface area contributed by atoms with E-state index < -0.39 is 5.54 Å². The van der Waals surface area contributed by atoms with Gasteiger partial charge in [-0.2, -0.15) is 0 Å². The number of hydrogen-bond acceptors (Lipinski definition) is 3. The van der Waals surface area contributed by atoms with Crippen LogP contribution in [0.2, 0.25) is 0 Å². The second kappa shape index (κ2) is 3.43.